The van der Waals surface area contributed by atoms with Crippen LogP contribution in [0.4, 0.5) is 0 Å². The van der Waals surface area contributed by atoms with Crippen molar-refractivity contribution >= 4 is 12.6 Å². The normalized spacial score (nSPS) is 10.1. The summed E-state index contributed by atoms with van der Waals surface area (Å²) in [5.74, 6) is 0.267. The SMILES string of the molecule is CCc1ccc(O)c(S)c1C. The molecular formula is C9H12OS. The first kappa shape index (κ1) is 8.47. The average molecular weight is 168 g/mol. The van der Waals surface area contributed by atoms with Crippen LogP contribution in [0.2, 0.25) is 0 Å². The fourth-order valence-corrected chi connectivity index (χ4v) is 1.33. The molecule has 0 aromatic heterocycles. The van der Waals surface area contributed by atoms with E-state index in [0.717, 1.165) is 12.0 Å². The Hall–Kier alpha value is -0.630. The van der Waals surface area contributed by atoms with E-state index in [1.165, 1.54) is 5.56 Å². The average Bonchev–Trinajstić information content (AvgIpc) is 2.01. The van der Waals surface area contributed by atoms with E-state index in [1.54, 1.807) is 6.07 Å². The van der Waals surface area contributed by atoms with Crippen LogP contribution in [0.1, 0.15) is 18.1 Å². The molecule has 0 bridgehead atoms. The first-order valence-electron chi connectivity index (χ1n) is 3.67. The molecule has 0 saturated carbocycles. The summed E-state index contributed by atoms with van der Waals surface area (Å²) < 4.78 is 0. The van der Waals surface area contributed by atoms with Crippen molar-refractivity contribution in [3.05, 3.63) is 23.3 Å². The van der Waals surface area contributed by atoms with Gasteiger partial charge in [0, 0.05) is 4.90 Å². The third-order valence-corrected chi connectivity index (χ3v) is 2.47. The van der Waals surface area contributed by atoms with Crippen molar-refractivity contribution in [2.75, 3.05) is 0 Å². The molecule has 1 aromatic rings. The molecule has 1 N–H and O–H groups in total. The van der Waals surface area contributed by atoms with Gasteiger partial charge in [0.2, 0.25) is 0 Å². The first-order chi connectivity index (χ1) is 5.16. The third kappa shape index (κ3) is 1.51. The third-order valence-electron chi connectivity index (χ3n) is 1.90. The van der Waals surface area contributed by atoms with Crippen LogP contribution in [0.15, 0.2) is 17.0 Å². The van der Waals surface area contributed by atoms with Gasteiger partial charge >= 0.3 is 0 Å². The van der Waals surface area contributed by atoms with Gasteiger partial charge in [-0.1, -0.05) is 13.0 Å². The molecule has 1 nitrogen and oxygen atoms in total. The van der Waals surface area contributed by atoms with E-state index in [1.807, 2.05) is 13.0 Å². The minimum absolute atomic E-state index is 0.267. The van der Waals surface area contributed by atoms with E-state index in [9.17, 15) is 5.11 Å². The van der Waals surface area contributed by atoms with E-state index >= 15 is 0 Å². The van der Waals surface area contributed by atoms with Crippen LogP contribution in [0.5, 0.6) is 5.75 Å². The maximum Gasteiger partial charge on any atom is 0.129 e. The van der Waals surface area contributed by atoms with Crippen LogP contribution >= 0.6 is 12.6 Å². The van der Waals surface area contributed by atoms with Gasteiger partial charge in [-0.2, -0.15) is 0 Å². The standard InChI is InChI=1S/C9H12OS/c1-3-7-4-5-8(10)9(11)6(7)2/h4-5,10-11H,3H2,1-2H3. The Bertz CT molecular complexity index is 269. The van der Waals surface area contributed by atoms with Crippen LogP contribution in [-0.2, 0) is 6.42 Å². The van der Waals surface area contributed by atoms with E-state index in [0.29, 0.717) is 4.90 Å². The van der Waals surface area contributed by atoms with Crippen molar-refractivity contribution in [1.82, 2.24) is 0 Å². The number of hydrogen-bond donors (Lipinski definition) is 2. The van der Waals surface area contributed by atoms with Gasteiger partial charge < -0.3 is 5.11 Å². The molecule has 60 valence electrons. The lowest BCUT2D eigenvalue weighted by atomic mass is 10.1. The Morgan fingerprint density at radius 3 is 2.64 bits per heavy atom. The molecule has 1 rings (SSSR count). The predicted molar refractivity (Wildman–Crippen MR) is 49.5 cm³/mol. The smallest absolute Gasteiger partial charge is 0.129 e. The van der Waals surface area contributed by atoms with E-state index in [2.05, 4.69) is 19.6 Å². The molecule has 0 spiro atoms. The molecule has 2 heteroatoms. The van der Waals surface area contributed by atoms with Crippen molar-refractivity contribution < 1.29 is 5.11 Å². The highest BCUT2D eigenvalue weighted by Crippen LogP contribution is 2.27. The van der Waals surface area contributed by atoms with Crippen LogP contribution in [0.25, 0.3) is 0 Å². The number of phenolic OH excluding ortho intramolecular Hbond substituents is 1. The molecule has 0 radical (unpaired) electrons. The highest BCUT2D eigenvalue weighted by Gasteiger charge is 2.03. The number of rotatable bonds is 1. The highest BCUT2D eigenvalue weighted by atomic mass is 32.1. The van der Waals surface area contributed by atoms with Gasteiger partial charge in [-0.25, -0.2) is 0 Å². The Morgan fingerprint density at radius 2 is 2.09 bits per heavy atom. The molecule has 0 amide bonds. The second-order valence-corrected chi connectivity index (χ2v) is 3.02. The number of aromatic hydroxyl groups is 1. The van der Waals surface area contributed by atoms with Gasteiger partial charge in [0.25, 0.3) is 0 Å². The molecule has 0 unspecified atom stereocenters. The summed E-state index contributed by atoms with van der Waals surface area (Å²) in [4.78, 5) is 0.698. The maximum absolute atomic E-state index is 9.24. The number of benzene rings is 1. The van der Waals surface area contributed by atoms with Crippen molar-refractivity contribution in [2.45, 2.75) is 25.2 Å². The molecule has 1 aromatic carbocycles. The lowest BCUT2D eigenvalue weighted by molar-refractivity contribution is 0.461. The van der Waals surface area contributed by atoms with Gasteiger partial charge in [-0.15, -0.1) is 12.6 Å². The minimum Gasteiger partial charge on any atom is -0.507 e. The zero-order chi connectivity index (χ0) is 8.43. The fourth-order valence-electron chi connectivity index (χ4n) is 1.11. The molecular weight excluding hydrogens is 156 g/mol. The summed E-state index contributed by atoms with van der Waals surface area (Å²) in [7, 11) is 0. The first-order valence-corrected chi connectivity index (χ1v) is 4.12. The van der Waals surface area contributed by atoms with Crippen molar-refractivity contribution in [3.8, 4) is 5.75 Å². The van der Waals surface area contributed by atoms with E-state index < -0.39 is 0 Å². The fraction of sp³-hybridized carbons (Fsp3) is 0.333. The van der Waals surface area contributed by atoms with Gasteiger partial charge in [-0.3, -0.25) is 0 Å². The Kier molecular flexibility index (Phi) is 2.45. The van der Waals surface area contributed by atoms with E-state index in [-0.39, 0.29) is 5.75 Å². The molecule has 0 fully saturated rings. The van der Waals surface area contributed by atoms with Gasteiger partial charge in [-0.05, 0) is 30.5 Å². The topological polar surface area (TPSA) is 20.2 Å². The maximum atomic E-state index is 9.24. The highest BCUT2D eigenvalue weighted by molar-refractivity contribution is 7.80. The lowest BCUT2D eigenvalue weighted by Gasteiger charge is -2.06. The van der Waals surface area contributed by atoms with Gasteiger partial charge in [0.05, 0.1) is 0 Å². The molecule has 0 aliphatic carbocycles. The quantitative estimate of drug-likeness (QED) is 0.617. The summed E-state index contributed by atoms with van der Waals surface area (Å²) in [6, 6.07) is 3.62. The van der Waals surface area contributed by atoms with Crippen LogP contribution < -0.4 is 0 Å². The lowest BCUT2D eigenvalue weighted by Crippen LogP contribution is -1.87. The summed E-state index contributed by atoms with van der Waals surface area (Å²) >= 11 is 4.18. The Morgan fingerprint density at radius 1 is 1.45 bits per heavy atom. The molecule has 0 saturated heterocycles. The van der Waals surface area contributed by atoms with Crippen LogP contribution in [0.3, 0.4) is 0 Å². The number of hydrogen-bond acceptors (Lipinski definition) is 2. The molecule has 11 heavy (non-hydrogen) atoms. The summed E-state index contributed by atoms with van der Waals surface area (Å²) in [5, 5.41) is 9.24. The van der Waals surface area contributed by atoms with Crippen molar-refractivity contribution in [2.24, 2.45) is 0 Å². The van der Waals surface area contributed by atoms with Crippen molar-refractivity contribution in [1.29, 1.82) is 0 Å². The molecule has 0 aliphatic rings. The monoisotopic (exact) mass is 168 g/mol. The number of aryl methyl sites for hydroxylation is 1. The zero-order valence-electron chi connectivity index (χ0n) is 6.76. The van der Waals surface area contributed by atoms with Gasteiger partial charge in [0.1, 0.15) is 5.75 Å². The minimum atomic E-state index is 0.267. The number of thiol groups is 1. The van der Waals surface area contributed by atoms with Gasteiger partial charge in [0.15, 0.2) is 0 Å². The molecule has 0 aliphatic heterocycles. The largest absolute Gasteiger partial charge is 0.507 e. The van der Waals surface area contributed by atoms with Crippen molar-refractivity contribution in [3.63, 3.8) is 0 Å². The second kappa shape index (κ2) is 3.18. The molecule has 0 atom stereocenters. The summed E-state index contributed by atoms with van der Waals surface area (Å²) in [5.41, 5.74) is 2.32. The molecule has 0 heterocycles. The van der Waals surface area contributed by atoms with Crippen LogP contribution in [-0.4, -0.2) is 5.11 Å². The second-order valence-electron chi connectivity index (χ2n) is 2.57. The predicted octanol–water partition coefficient (Wildman–Crippen LogP) is 2.55. The Labute approximate surface area is 72.5 Å². The number of phenols is 1. The zero-order valence-corrected chi connectivity index (χ0v) is 7.65. The van der Waals surface area contributed by atoms with Crippen LogP contribution in [0, 0.1) is 6.92 Å². The summed E-state index contributed by atoms with van der Waals surface area (Å²) in [6.45, 7) is 4.06. The Balaban J connectivity index is 3.25. The summed E-state index contributed by atoms with van der Waals surface area (Å²) in [6.07, 6.45) is 0.986. The van der Waals surface area contributed by atoms with E-state index in [4.69, 9.17) is 0 Å².